The molecule has 0 saturated carbocycles. The predicted molar refractivity (Wildman–Crippen MR) is 103 cm³/mol. The summed E-state index contributed by atoms with van der Waals surface area (Å²) in [5.74, 6) is -0.880. The summed E-state index contributed by atoms with van der Waals surface area (Å²) in [5.41, 5.74) is -1.50. The molecule has 25 heavy (non-hydrogen) atoms. The van der Waals surface area contributed by atoms with E-state index >= 15 is 0 Å². The molecule has 0 rings (SSSR count). The number of rotatable bonds is 12. The van der Waals surface area contributed by atoms with Gasteiger partial charge in [-0.2, -0.15) is 0 Å². The highest BCUT2D eigenvalue weighted by Gasteiger charge is 2.51. The maximum Gasteiger partial charge on any atom is 0.325 e. The zero-order chi connectivity index (χ0) is 19.7. The molecule has 0 unspecified atom stereocenters. The molecule has 0 heterocycles. The number of thioether (sulfide) groups is 1. The second kappa shape index (κ2) is 10.5. The van der Waals surface area contributed by atoms with Crippen molar-refractivity contribution in [3.05, 3.63) is 0 Å². The van der Waals surface area contributed by atoms with Crippen molar-refractivity contribution in [2.75, 3.05) is 32.0 Å². The van der Waals surface area contributed by atoms with Crippen LogP contribution in [0.3, 0.4) is 0 Å². The minimum absolute atomic E-state index is 0.0883. The summed E-state index contributed by atoms with van der Waals surface area (Å²) < 4.78 is 15.9. The van der Waals surface area contributed by atoms with Gasteiger partial charge in [-0.1, -0.05) is 13.8 Å². The Labute approximate surface area is 157 Å². The van der Waals surface area contributed by atoms with E-state index in [0.29, 0.717) is 12.4 Å². The van der Waals surface area contributed by atoms with E-state index in [0.717, 1.165) is 0 Å². The van der Waals surface area contributed by atoms with Crippen LogP contribution in [-0.2, 0) is 23.8 Å². The van der Waals surface area contributed by atoms with E-state index in [1.54, 1.807) is 13.8 Å². The van der Waals surface area contributed by atoms with Crippen LogP contribution in [0, 0.1) is 5.41 Å². The maximum absolute atomic E-state index is 12.7. The lowest BCUT2D eigenvalue weighted by Crippen LogP contribution is -2.48. The molecule has 6 nitrogen and oxygen atoms in total. The van der Waals surface area contributed by atoms with Gasteiger partial charge in [0.2, 0.25) is 0 Å². The van der Waals surface area contributed by atoms with Gasteiger partial charge in [0.05, 0.1) is 25.8 Å². The van der Waals surface area contributed by atoms with Crippen LogP contribution >= 0.6 is 11.8 Å². The molecule has 0 radical (unpaired) electrons. The van der Waals surface area contributed by atoms with Crippen molar-refractivity contribution in [1.29, 1.82) is 0 Å². The van der Waals surface area contributed by atoms with Gasteiger partial charge in [0.15, 0.2) is 13.7 Å². The molecule has 0 aliphatic heterocycles. The molecule has 148 valence electrons. The van der Waals surface area contributed by atoms with E-state index in [9.17, 15) is 14.4 Å². The van der Waals surface area contributed by atoms with Crippen LogP contribution < -0.4 is 0 Å². The fraction of sp³-hybridized carbons (Fsp3) is 0.882. The molecule has 0 fully saturated rings. The summed E-state index contributed by atoms with van der Waals surface area (Å²) in [6.45, 7) is 11.3. The lowest BCUT2D eigenvalue weighted by atomic mass is 9.81. The first-order valence-electron chi connectivity index (χ1n) is 8.62. The van der Waals surface area contributed by atoms with Gasteiger partial charge in [-0.15, -0.1) is 11.8 Å². The van der Waals surface area contributed by atoms with Gasteiger partial charge in [0.1, 0.15) is 0 Å². The quantitative estimate of drug-likeness (QED) is 0.179. The van der Waals surface area contributed by atoms with Gasteiger partial charge in [0, 0.05) is 0 Å². The number of hydrogen-bond donors (Lipinski definition) is 1. The number of hydrogen-bond acceptors (Lipinski definition) is 7. The highest BCUT2D eigenvalue weighted by molar-refractivity contribution is 7.98. The van der Waals surface area contributed by atoms with Gasteiger partial charge in [-0.05, 0) is 51.1 Å². The maximum atomic E-state index is 12.7. The van der Waals surface area contributed by atoms with Gasteiger partial charge >= 0.3 is 11.9 Å². The monoisotopic (exact) mass is 394 g/mol. The van der Waals surface area contributed by atoms with E-state index in [2.05, 4.69) is 0 Å². The minimum Gasteiger partial charge on any atom is -0.465 e. The Balaban J connectivity index is 5.64. The molecule has 0 saturated heterocycles. The van der Waals surface area contributed by atoms with Crippen LogP contribution in [0.4, 0.5) is 0 Å². The van der Waals surface area contributed by atoms with Crippen LogP contribution in [-0.4, -0.2) is 57.1 Å². The molecule has 0 bridgehead atoms. The van der Waals surface area contributed by atoms with Crippen molar-refractivity contribution in [2.45, 2.75) is 58.7 Å². The molecule has 0 amide bonds. The molecule has 0 atom stereocenters. The first-order chi connectivity index (χ1) is 11.5. The Morgan fingerprint density at radius 3 is 1.88 bits per heavy atom. The second-order valence-corrected chi connectivity index (χ2v) is 12.5. The van der Waals surface area contributed by atoms with E-state index < -0.39 is 25.7 Å². The predicted octanol–water partition coefficient (Wildman–Crippen LogP) is 3.19. The lowest BCUT2D eigenvalue weighted by Gasteiger charge is -2.38. The van der Waals surface area contributed by atoms with Crippen LogP contribution in [0.1, 0.15) is 40.5 Å². The third kappa shape index (κ3) is 6.92. The third-order valence-electron chi connectivity index (χ3n) is 4.71. The summed E-state index contributed by atoms with van der Waals surface area (Å²) in [7, 11) is -2.48. The number of esters is 2. The summed E-state index contributed by atoms with van der Waals surface area (Å²) in [5, 5.41) is -0.378. The van der Waals surface area contributed by atoms with E-state index in [1.165, 1.54) is 11.8 Å². The van der Waals surface area contributed by atoms with Crippen molar-refractivity contribution < 1.29 is 28.6 Å². The standard InChI is InChI=1S/C17H34O6SSi/c1-8-22-14(18)17(12-21-13-24-5,15(19)23-9-2)11-10-16(3,4)25(6,7)20/h20H,8-13H2,1-7H3. The zero-order valence-electron chi connectivity index (χ0n) is 16.6. The van der Waals surface area contributed by atoms with Crippen molar-refractivity contribution in [3.63, 3.8) is 0 Å². The Bertz CT molecular complexity index is 415. The molecular formula is C17H34O6SSi. The van der Waals surface area contributed by atoms with Crippen molar-refractivity contribution in [3.8, 4) is 0 Å². The molecule has 0 aromatic carbocycles. The Hall–Kier alpha value is -0.573. The van der Waals surface area contributed by atoms with E-state index in [1.807, 2.05) is 33.2 Å². The number of carbonyl (C=O) groups is 2. The van der Waals surface area contributed by atoms with Crippen molar-refractivity contribution in [1.82, 2.24) is 0 Å². The average molecular weight is 395 g/mol. The number of carbonyl (C=O) groups excluding carboxylic acids is 2. The topological polar surface area (TPSA) is 82.1 Å². The highest BCUT2D eigenvalue weighted by Crippen LogP contribution is 2.43. The molecule has 0 aliphatic rings. The summed E-state index contributed by atoms with van der Waals surface area (Å²) >= 11 is 1.46. The Morgan fingerprint density at radius 1 is 1.04 bits per heavy atom. The van der Waals surface area contributed by atoms with E-state index in [-0.39, 0.29) is 31.3 Å². The molecule has 0 aliphatic carbocycles. The fourth-order valence-corrected chi connectivity index (χ4v) is 3.13. The molecule has 0 aromatic heterocycles. The highest BCUT2D eigenvalue weighted by atomic mass is 32.2. The molecular weight excluding hydrogens is 360 g/mol. The molecule has 8 heteroatoms. The van der Waals surface area contributed by atoms with Gasteiger partial charge in [-0.25, -0.2) is 0 Å². The minimum atomic E-state index is -2.48. The first kappa shape index (κ1) is 24.4. The largest absolute Gasteiger partial charge is 0.465 e. The van der Waals surface area contributed by atoms with Gasteiger partial charge in [0.25, 0.3) is 0 Å². The number of ether oxygens (including phenoxy) is 3. The lowest BCUT2D eigenvalue weighted by molar-refractivity contribution is -0.177. The van der Waals surface area contributed by atoms with Gasteiger partial charge in [-0.3, -0.25) is 9.59 Å². The van der Waals surface area contributed by atoms with E-state index in [4.69, 9.17) is 14.2 Å². The molecule has 0 spiro atoms. The van der Waals surface area contributed by atoms with Crippen molar-refractivity contribution in [2.24, 2.45) is 5.41 Å². The second-order valence-electron chi connectivity index (χ2n) is 7.22. The zero-order valence-corrected chi connectivity index (χ0v) is 18.5. The van der Waals surface area contributed by atoms with Gasteiger partial charge < -0.3 is 19.0 Å². The fourth-order valence-electron chi connectivity index (χ4n) is 2.15. The molecule has 0 aromatic rings. The Kier molecular flexibility index (Phi) is 10.3. The summed E-state index contributed by atoms with van der Waals surface area (Å²) in [4.78, 5) is 35.9. The van der Waals surface area contributed by atoms with Crippen LogP contribution in [0.5, 0.6) is 0 Å². The third-order valence-corrected chi connectivity index (χ3v) is 8.68. The first-order valence-corrected chi connectivity index (χ1v) is 13.0. The van der Waals surface area contributed by atoms with Crippen LogP contribution in [0.25, 0.3) is 0 Å². The summed E-state index contributed by atoms with van der Waals surface area (Å²) in [6, 6.07) is 0. The average Bonchev–Trinajstić information content (AvgIpc) is 2.50. The van der Waals surface area contributed by atoms with Crippen LogP contribution in [0.15, 0.2) is 0 Å². The van der Waals surface area contributed by atoms with Crippen LogP contribution in [0.2, 0.25) is 18.1 Å². The Morgan fingerprint density at radius 2 is 1.52 bits per heavy atom. The molecule has 1 N–H and O–H groups in total. The summed E-state index contributed by atoms with van der Waals surface area (Å²) in [6.07, 6.45) is 2.57. The smallest absolute Gasteiger partial charge is 0.325 e. The SMILES string of the molecule is CCOC(=O)C(CCC(C)(C)[Si](C)(C)O)(COCSC)C(=O)OCC. The normalized spacial score (nSPS) is 12.8. The van der Waals surface area contributed by atoms with Crippen molar-refractivity contribution >= 4 is 32.0 Å².